The van der Waals surface area contributed by atoms with Crippen molar-refractivity contribution in [1.82, 2.24) is 4.90 Å². The van der Waals surface area contributed by atoms with Gasteiger partial charge in [0.15, 0.2) is 0 Å². The quantitative estimate of drug-likeness (QED) is 0.136. The lowest BCUT2D eigenvalue weighted by atomic mass is 10.0. The molecule has 1 rings (SSSR count). The van der Waals surface area contributed by atoms with Gasteiger partial charge in [-0.1, -0.05) is 66.2 Å². The first kappa shape index (κ1) is 27.3. The zero-order chi connectivity index (χ0) is 23.1. The van der Waals surface area contributed by atoms with E-state index in [2.05, 4.69) is 32.6 Å². The van der Waals surface area contributed by atoms with Crippen LogP contribution in [0.15, 0.2) is 23.4 Å². The minimum Gasteiger partial charge on any atom is -0.462 e. The van der Waals surface area contributed by atoms with Crippen LogP contribution in [0.2, 0.25) is 0 Å². The highest BCUT2D eigenvalue weighted by molar-refractivity contribution is 6.14. The summed E-state index contributed by atoms with van der Waals surface area (Å²) in [7, 11) is 2.03. The summed E-state index contributed by atoms with van der Waals surface area (Å²) in [5, 5.41) is 0. The van der Waals surface area contributed by atoms with E-state index in [4.69, 9.17) is 9.47 Å². The van der Waals surface area contributed by atoms with Gasteiger partial charge in [0.25, 0.3) is 0 Å². The van der Waals surface area contributed by atoms with Crippen LogP contribution in [0.5, 0.6) is 0 Å². The molecule has 0 N–H and O–H groups in total. The molecule has 0 aliphatic carbocycles. The van der Waals surface area contributed by atoms with E-state index in [1.807, 2.05) is 13.1 Å². The van der Waals surface area contributed by atoms with Crippen molar-refractivity contribution in [2.24, 2.45) is 11.8 Å². The van der Waals surface area contributed by atoms with Crippen LogP contribution in [-0.4, -0.2) is 43.6 Å². The van der Waals surface area contributed by atoms with Gasteiger partial charge < -0.3 is 14.4 Å². The van der Waals surface area contributed by atoms with Gasteiger partial charge in [-0.2, -0.15) is 0 Å². The average Bonchev–Trinajstić information content (AvgIpc) is 3.18. The summed E-state index contributed by atoms with van der Waals surface area (Å²) in [6.07, 6.45) is 14.0. The lowest BCUT2D eigenvalue weighted by Crippen LogP contribution is -2.23. The number of allylic oxidation sites excluding steroid dienone is 3. The summed E-state index contributed by atoms with van der Waals surface area (Å²) in [5.41, 5.74) is 1.13. The molecule has 0 aromatic carbocycles. The minimum absolute atomic E-state index is 0.00323. The molecule has 0 radical (unpaired) electrons. The minimum atomic E-state index is -0.570. The molecule has 0 aromatic heterocycles. The molecule has 1 fully saturated rings. The molecular weight excluding hydrogens is 390 g/mol. The Labute approximate surface area is 190 Å². The summed E-state index contributed by atoms with van der Waals surface area (Å²) >= 11 is 0. The first-order chi connectivity index (χ1) is 15.0. The Bertz CT molecular complexity index is 562. The normalized spacial score (nSPS) is 16.8. The lowest BCUT2D eigenvalue weighted by Gasteiger charge is -2.17. The molecule has 0 bridgehead atoms. The van der Waals surface area contributed by atoms with Crippen LogP contribution in [0.1, 0.15) is 91.9 Å². The van der Waals surface area contributed by atoms with Crippen molar-refractivity contribution < 1.29 is 19.1 Å². The zero-order valence-electron chi connectivity index (χ0n) is 20.6. The summed E-state index contributed by atoms with van der Waals surface area (Å²) in [4.78, 5) is 27.8. The Morgan fingerprint density at radius 3 is 1.84 bits per heavy atom. The Balaban J connectivity index is 2.84. The van der Waals surface area contributed by atoms with E-state index >= 15 is 0 Å². The maximum atomic E-state index is 12.8. The van der Waals surface area contributed by atoms with E-state index in [-0.39, 0.29) is 5.57 Å². The van der Waals surface area contributed by atoms with Gasteiger partial charge in [-0.3, -0.25) is 0 Å². The Morgan fingerprint density at radius 2 is 1.45 bits per heavy atom. The number of nitrogens with zero attached hydrogens (tertiary/aromatic N) is 1. The van der Waals surface area contributed by atoms with Crippen molar-refractivity contribution >= 4 is 11.9 Å². The molecule has 31 heavy (non-hydrogen) atoms. The molecule has 1 saturated heterocycles. The largest absolute Gasteiger partial charge is 0.462 e. The monoisotopic (exact) mass is 435 g/mol. The topological polar surface area (TPSA) is 55.8 Å². The fourth-order valence-corrected chi connectivity index (χ4v) is 3.78. The molecule has 5 nitrogen and oxygen atoms in total. The second-order valence-corrected chi connectivity index (χ2v) is 8.79. The van der Waals surface area contributed by atoms with E-state index in [9.17, 15) is 9.59 Å². The molecule has 0 spiro atoms. The number of rotatable bonds is 15. The fourth-order valence-electron chi connectivity index (χ4n) is 3.78. The Hall–Kier alpha value is -1.78. The number of carbonyl (C=O) groups excluding carboxylic acids is 2. The molecule has 5 heteroatoms. The van der Waals surface area contributed by atoms with Gasteiger partial charge in [0, 0.05) is 19.3 Å². The molecule has 0 amide bonds. The van der Waals surface area contributed by atoms with Crippen molar-refractivity contribution in [2.45, 2.75) is 91.9 Å². The number of hydrogen-bond donors (Lipinski definition) is 0. The van der Waals surface area contributed by atoms with Crippen LogP contribution in [-0.2, 0) is 19.1 Å². The molecule has 178 valence electrons. The molecule has 0 aromatic rings. The predicted molar refractivity (Wildman–Crippen MR) is 127 cm³/mol. The van der Waals surface area contributed by atoms with E-state index < -0.39 is 11.9 Å². The van der Waals surface area contributed by atoms with Crippen LogP contribution in [0.25, 0.3) is 0 Å². The first-order valence-corrected chi connectivity index (χ1v) is 12.4. The van der Waals surface area contributed by atoms with Crippen molar-refractivity contribution in [3.05, 3.63) is 23.4 Å². The third kappa shape index (κ3) is 10.4. The van der Waals surface area contributed by atoms with Gasteiger partial charge in [0.1, 0.15) is 5.57 Å². The fraction of sp³-hybridized carbons (Fsp3) is 0.769. The molecule has 1 aliphatic heterocycles. The summed E-state index contributed by atoms with van der Waals surface area (Å²) in [6, 6.07) is 0. The van der Waals surface area contributed by atoms with Crippen LogP contribution < -0.4 is 0 Å². The molecule has 2 unspecified atom stereocenters. The summed E-state index contributed by atoms with van der Waals surface area (Å²) in [6.45, 7) is 10.2. The van der Waals surface area contributed by atoms with E-state index in [0.29, 0.717) is 25.0 Å². The molecule has 2 atom stereocenters. The van der Waals surface area contributed by atoms with E-state index in [1.54, 1.807) is 6.08 Å². The average molecular weight is 436 g/mol. The molecule has 0 saturated carbocycles. The van der Waals surface area contributed by atoms with Crippen LogP contribution in [0.3, 0.4) is 0 Å². The number of unbranched alkanes of at least 4 members (excludes halogenated alkanes) is 2. The van der Waals surface area contributed by atoms with E-state index in [0.717, 1.165) is 76.5 Å². The predicted octanol–water partition coefficient (Wildman–Crippen LogP) is 6.04. The van der Waals surface area contributed by atoms with Crippen molar-refractivity contribution in [1.29, 1.82) is 0 Å². The Morgan fingerprint density at radius 1 is 0.935 bits per heavy atom. The highest BCUT2D eigenvalue weighted by Gasteiger charge is 2.23. The van der Waals surface area contributed by atoms with Gasteiger partial charge in [0.05, 0.1) is 13.2 Å². The zero-order valence-corrected chi connectivity index (χ0v) is 20.6. The number of hydrogen-bond acceptors (Lipinski definition) is 5. The standard InChI is InChI=1S/C26H45NO4/c1-6-10-13-21(8-3)19-30-25(28)24(17-16-23-15-12-18-27(23)5)26(29)31-20-22(9-4)14-11-7-2/h16-17,21-22H,6-15,18-20H2,1-5H3/b23-16+,24-17?. The van der Waals surface area contributed by atoms with Crippen LogP contribution >= 0.6 is 0 Å². The van der Waals surface area contributed by atoms with Gasteiger partial charge in [0.2, 0.25) is 0 Å². The van der Waals surface area contributed by atoms with Gasteiger partial charge in [-0.25, -0.2) is 9.59 Å². The number of esters is 2. The Kier molecular flexibility index (Phi) is 14.0. The van der Waals surface area contributed by atoms with Gasteiger partial charge in [-0.05, 0) is 49.7 Å². The van der Waals surface area contributed by atoms with Crippen molar-refractivity contribution in [3.8, 4) is 0 Å². The molecule has 1 aliphatic rings. The first-order valence-electron chi connectivity index (χ1n) is 12.4. The summed E-state index contributed by atoms with van der Waals surface area (Å²) in [5.74, 6) is -0.476. The van der Waals surface area contributed by atoms with Gasteiger partial charge >= 0.3 is 11.9 Å². The highest BCUT2D eigenvalue weighted by atomic mass is 16.6. The maximum absolute atomic E-state index is 12.8. The third-order valence-electron chi connectivity index (χ3n) is 6.29. The summed E-state index contributed by atoms with van der Waals surface area (Å²) < 4.78 is 11.1. The number of carbonyl (C=O) groups is 2. The second kappa shape index (κ2) is 15.9. The van der Waals surface area contributed by atoms with Crippen LogP contribution in [0, 0.1) is 11.8 Å². The van der Waals surface area contributed by atoms with Crippen molar-refractivity contribution in [2.75, 3.05) is 26.8 Å². The maximum Gasteiger partial charge on any atom is 0.345 e. The second-order valence-electron chi connectivity index (χ2n) is 8.79. The molecule has 1 heterocycles. The molecular formula is C26H45NO4. The smallest absolute Gasteiger partial charge is 0.345 e. The highest BCUT2D eigenvalue weighted by Crippen LogP contribution is 2.20. The lowest BCUT2D eigenvalue weighted by molar-refractivity contribution is -0.148. The van der Waals surface area contributed by atoms with Crippen molar-refractivity contribution in [3.63, 3.8) is 0 Å². The third-order valence-corrected chi connectivity index (χ3v) is 6.29. The van der Waals surface area contributed by atoms with Gasteiger partial charge in [-0.15, -0.1) is 0 Å². The number of likely N-dealkylation sites (tertiary alicyclic amines) is 1. The van der Waals surface area contributed by atoms with E-state index in [1.165, 1.54) is 0 Å². The SMILES string of the molecule is CCCCC(CC)COC(=O)C(=C/C=C1\CCCN1C)C(=O)OCC(CC)CCCC. The number of ether oxygens (including phenoxy) is 2. The van der Waals surface area contributed by atoms with Crippen LogP contribution in [0.4, 0.5) is 0 Å².